The van der Waals surface area contributed by atoms with Gasteiger partial charge in [0.05, 0.1) is 16.4 Å². The Bertz CT molecular complexity index is 250. The van der Waals surface area contributed by atoms with Crippen LogP contribution in [0.15, 0.2) is 10.7 Å². The SMILES string of the molecule is CCC(CNC)c1c(Br)cnn1C. The van der Waals surface area contributed by atoms with Gasteiger partial charge in [0.1, 0.15) is 0 Å². The van der Waals surface area contributed by atoms with E-state index in [0.717, 1.165) is 17.4 Å². The van der Waals surface area contributed by atoms with Crippen LogP contribution in [0.5, 0.6) is 0 Å². The van der Waals surface area contributed by atoms with Gasteiger partial charge in [-0.3, -0.25) is 4.68 Å². The highest BCUT2D eigenvalue weighted by atomic mass is 79.9. The summed E-state index contributed by atoms with van der Waals surface area (Å²) in [4.78, 5) is 0. The van der Waals surface area contributed by atoms with E-state index < -0.39 is 0 Å². The van der Waals surface area contributed by atoms with Gasteiger partial charge in [0.25, 0.3) is 0 Å². The second-order valence-corrected chi connectivity index (χ2v) is 4.02. The molecule has 0 fully saturated rings. The van der Waals surface area contributed by atoms with Crippen LogP contribution >= 0.6 is 15.9 Å². The summed E-state index contributed by atoms with van der Waals surface area (Å²) >= 11 is 3.52. The third-order valence-electron chi connectivity index (χ3n) is 2.27. The molecule has 1 atom stereocenters. The van der Waals surface area contributed by atoms with Gasteiger partial charge in [0.2, 0.25) is 0 Å². The molecule has 1 unspecified atom stereocenters. The Morgan fingerprint density at radius 3 is 2.77 bits per heavy atom. The maximum atomic E-state index is 4.21. The Morgan fingerprint density at radius 2 is 2.38 bits per heavy atom. The summed E-state index contributed by atoms with van der Waals surface area (Å²) in [7, 11) is 3.96. The van der Waals surface area contributed by atoms with Gasteiger partial charge in [-0.1, -0.05) is 6.92 Å². The molecule has 1 rings (SSSR count). The van der Waals surface area contributed by atoms with Gasteiger partial charge >= 0.3 is 0 Å². The molecule has 0 saturated carbocycles. The highest BCUT2D eigenvalue weighted by Crippen LogP contribution is 2.25. The summed E-state index contributed by atoms with van der Waals surface area (Å²) in [6.07, 6.45) is 2.98. The van der Waals surface area contributed by atoms with Gasteiger partial charge in [-0.15, -0.1) is 0 Å². The highest BCUT2D eigenvalue weighted by Gasteiger charge is 2.15. The van der Waals surface area contributed by atoms with E-state index in [2.05, 4.69) is 33.3 Å². The fourth-order valence-corrected chi connectivity index (χ4v) is 2.23. The summed E-state index contributed by atoms with van der Waals surface area (Å²) < 4.78 is 3.05. The molecule has 0 aliphatic heterocycles. The molecule has 0 spiro atoms. The molecule has 1 aromatic heterocycles. The zero-order valence-electron chi connectivity index (χ0n) is 8.34. The van der Waals surface area contributed by atoms with Gasteiger partial charge in [-0.05, 0) is 29.4 Å². The van der Waals surface area contributed by atoms with Crippen molar-refractivity contribution in [3.8, 4) is 0 Å². The molecule has 0 aliphatic carbocycles. The number of hydrogen-bond donors (Lipinski definition) is 1. The normalized spacial score (nSPS) is 13.2. The van der Waals surface area contributed by atoms with Crippen molar-refractivity contribution < 1.29 is 0 Å². The molecule has 0 aliphatic rings. The van der Waals surface area contributed by atoms with Crippen molar-refractivity contribution in [1.82, 2.24) is 15.1 Å². The molecule has 3 nitrogen and oxygen atoms in total. The largest absolute Gasteiger partial charge is 0.319 e. The minimum absolute atomic E-state index is 0.534. The zero-order valence-corrected chi connectivity index (χ0v) is 9.93. The first-order chi connectivity index (χ1) is 6.20. The molecule has 0 saturated heterocycles. The number of likely N-dealkylation sites (N-methyl/N-ethyl adjacent to an activating group) is 1. The fourth-order valence-electron chi connectivity index (χ4n) is 1.56. The summed E-state index contributed by atoms with van der Waals surface area (Å²) in [6, 6.07) is 0. The Hall–Kier alpha value is -0.350. The number of hydrogen-bond acceptors (Lipinski definition) is 2. The van der Waals surface area contributed by atoms with Crippen LogP contribution in [0.1, 0.15) is 25.0 Å². The first kappa shape index (κ1) is 10.7. The van der Waals surface area contributed by atoms with Crippen molar-refractivity contribution in [2.24, 2.45) is 7.05 Å². The van der Waals surface area contributed by atoms with Crippen molar-refractivity contribution in [3.05, 3.63) is 16.4 Å². The highest BCUT2D eigenvalue weighted by molar-refractivity contribution is 9.10. The lowest BCUT2D eigenvalue weighted by Gasteiger charge is -2.15. The van der Waals surface area contributed by atoms with E-state index in [9.17, 15) is 0 Å². The van der Waals surface area contributed by atoms with Crippen molar-refractivity contribution in [3.63, 3.8) is 0 Å². The van der Waals surface area contributed by atoms with Crippen molar-refractivity contribution >= 4 is 15.9 Å². The predicted molar refractivity (Wildman–Crippen MR) is 57.9 cm³/mol. The summed E-state index contributed by atoms with van der Waals surface area (Å²) in [5.74, 6) is 0.534. The van der Waals surface area contributed by atoms with E-state index in [4.69, 9.17) is 0 Å². The summed E-state index contributed by atoms with van der Waals surface area (Å²) in [6.45, 7) is 3.19. The van der Waals surface area contributed by atoms with E-state index in [1.165, 1.54) is 5.69 Å². The Morgan fingerprint density at radius 1 is 1.69 bits per heavy atom. The molecule has 1 aromatic rings. The van der Waals surface area contributed by atoms with Crippen molar-refractivity contribution in [2.45, 2.75) is 19.3 Å². The number of aryl methyl sites for hydroxylation is 1. The van der Waals surface area contributed by atoms with Gasteiger partial charge < -0.3 is 5.32 Å². The van der Waals surface area contributed by atoms with E-state index >= 15 is 0 Å². The number of rotatable bonds is 4. The topological polar surface area (TPSA) is 29.9 Å². The predicted octanol–water partition coefficient (Wildman–Crippen LogP) is 1.90. The lowest BCUT2D eigenvalue weighted by molar-refractivity contribution is 0.556. The maximum Gasteiger partial charge on any atom is 0.0635 e. The molecule has 74 valence electrons. The molecule has 1 heterocycles. The Kier molecular flexibility index (Phi) is 3.93. The van der Waals surface area contributed by atoms with Crippen molar-refractivity contribution in [2.75, 3.05) is 13.6 Å². The molecule has 0 amide bonds. The molecule has 0 bridgehead atoms. The first-order valence-electron chi connectivity index (χ1n) is 4.52. The average Bonchev–Trinajstić information content (AvgIpc) is 2.43. The number of nitrogens with one attached hydrogen (secondary N) is 1. The number of nitrogens with zero attached hydrogens (tertiary/aromatic N) is 2. The van der Waals surface area contributed by atoms with Crippen molar-refractivity contribution in [1.29, 1.82) is 0 Å². The maximum absolute atomic E-state index is 4.21. The van der Waals surface area contributed by atoms with E-state index in [1.54, 1.807) is 0 Å². The van der Waals surface area contributed by atoms with Crippen LogP contribution in [-0.2, 0) is 7.05 Å². The lowest BCUT2D eigenvalue weighted by atomic mass is 10.0. The second kappa shape index (κ2) is 4.77. The lowest BCUT2D eigenvalue weighted by Crippen LogP contribution is -2.19. The van der Waals surface area contributed by atoms with E-state index in [-0.39, 0.29) is 0 Å². The Labute approximate surface area is 87.6 Å². The quantitative estimate of drug-likeness (QED) is 0.879. The standard InChI is InChI=1S/C9H16BrN3/c1-4-7(5-11-2)9-8(10)6-12-13(9)3/h6-7,11H,4-5H2,1-3H3. The molecule has 0 aromatic carbocycles. The first-order valence-corrected chi connectivity index (χ1v) is 5.32. The third kappa shape index (κ3) is 2.31. The van der Waals surface area contributed by atoms with Crippen LogP contribution in [0, 0.1) is 0 Å². The van der Waals surface area contributed by atoms with Crippen LogP contribution in [0.3, 0.4) is 0 Å². The van der Waals surface area contributed by atoms with Gasteiger partial charge in [0.15, 0.2) is 0 Å². The van der Waals surface area contributed by atoms with Crippen LogP contribution < -0.4 is 5.32 Å². The van der Waals surface area contributed by atoms with Crippen LogP contribution in [0.4, 0.5) is 0 Å². The minimum atomic E-state index is 0.534. The molecule has 13 heavy (non-hydrogen) atoms. The average molecular weight is 246 g/mol. The van der Waals surface area contributed by atoms with Gasteiger partial charge in [0, 0.05) is 19.5 Å². The monoisotopic (exact) mass is 245 g/mol. The molecule has 4 heteroatoms. The second-order valence-electron chi connectivity index (χ2n) is 3.16. The summed E-state index contributed by atoms with van der Waals surface area (Å²) in [5.41, 5.74) is 1.27. The van der Waals surface area contributed by atoms with Crippen LogP contribution in [-0.4, -0.2) is 23.4 Å². The smallest absolute Gasteiger partial charge is 0.0635 e. The zero-order chi connectivity index (χ0) is 9.84. The van der Waals surface area contributed by atoms with Crippen LogP contribution in [0.2, 0.25) is 0 Å². The third-order valence-corrected chi connectivity index (χ3v) is 2.88. The van der Waals surface area contributed by atoms with Gasteiger partial charge in [-0.2, -0.15) is 5.10 Å². The molecular formula is C9H16BrN3. The van der Waals surface area contributed by atoms with E-state index in [0.29, 0.717) is 5.92 Å². The Balaban J connectivity index is 2.89. The van der Waals surface area contributed by atoms with Gasteiger partial charge in [-0.25, -0.2) is 0 Å². The molecule has 0 radical (unpaired) electrons. The van der Waals surface area contributed by atoms with Crippen LogP contribution in [0.25, 0.3) is 0 Å². The summed E-state index contributed by atoms with van der Waals surface area (Å²) in [5, 5.41) is 7.41. The number of aromatic nitrogens is 2. The number of halogens is 1. The minimum Gasteiger partial charge on any atom is -0.319 e. The molecule has 1 N–H and O–H groups in total. The van der Waals surface area contributed by atoms with E-state index in [1.807, 2.05) is 25.0 Å². The molecular weight excluding hydrogens is 230 g/mol. The fraction of sp³-hybridized carbons (Fsp3) is 0.667.